The molecule has 0 aliphatic carbocycles. The topological polar surface area (TPSA) is 41.1 Å². The van der Waals surface area contributed by atoms with Crippen molar-refractivity contribution in [3.8, 4) is 0 Å². The van der Waals surface area contributed by atoms with Gasteiger partial charge in [-0.3, -0.25) is 4.79 Å². The molecule has 4 heteroatoms. The maximum Gasteiger partial charge on any atom is 0.255 e. The highest BCUT2D eigenvalue weighted by Gasteiger charge is 2.11. The highest BCUT2D eigenvalue weighted by atomic mass is 19.1. The molecule has 0 aliphatic rings. The average Bonchev–Trinajstić information content (AvgIpc) is 2.44. The van der Waals surface area contributed by atoms with Gasteiger partial charge in [-0.05, 0) is 49.7 Å². The van der Waals surface area contributed by atoms with Crippen LogP contribution in [-0.2, 0) is 0 Å². The van der Waals surface area contributed by atoms with Gasteiger partial charge in [0, 0.05) is 17.8 Å². The molecule has 0 fully saturated rings. The van der Waals surface area contributed by atoms with Crippen LogP contribution >= 0.6 is 0 Å². The van der Waals surface area contributed by atoms with E-state index in [2.05, 4.69) is 10.6 Å². The SMILES string of the molecule is CCNc1ccc(C(=O)Nc2c(C)cccc2F)cc1. The van der Waals surface area contributed by atoms with Crippen molar-refractivity contribution in [3.63, 3.8) is 0 Å². The molecule has 0 saturated carbocycles. The number of anilines is 2. The van der Waals surface area contributed by atoms with Crippen LogP contribution in [0.25, 0.3) is 0 Å². The van der Waals surface area contributed by atoms with Crippen LogP contribution < -0.4 is 10.6 Å². The number of halogens is 1. The number of para-hydroxylation sites is 1. The van der Waals surface area contributed by atoms with Gasteiger partial charge in [-0.1, -0.05) is 12.1 Å². The average molecular weight is 272 g/mol. The molecule has 2 aromatic carbocycles. The van der Waals surface area contributed by atoms with Crippen molar-refractivity contribution in [2.24, 2.45) is 0 Å². The third kappa shape index (κ3) is 3.15. The van der Waals surface area contributed by atoms with Gasteiger partial charge in [0.15, 0.2) is 0 Å². The first kappa shape index (κ1) is 14.1. The molecular weight excluding hydrogens is 255 g/mol. The number of hydrogen-bond donors (Lipinski definition) is 2. The van der Waals surface area contributed by atoms with E-state index in [1.807, 2.05) is 19.1 Å². The third-order valence-electron chi connectivity index (χ3n) is 2.99. The van der Waals surface area contributed by atoms with Gasteiger partial charge < -0.3 is 10.6 Å². The molecule has 2 N–H and O–H groups in total. The molecule has 0 unspecified atom stereocenters. The first-order chi connectivity index (χ1) is 9.61. The highest BCUT2D eigenvalue weighted by molar-refractivity contribution is 6.04. The maximum absolute atomic E-state index is 13.7. The number of rotatable bonds is 4. The third-order valence-corrected chi connectivity index (χ3v) is 2.99. The van der Waals surface area contributed by atoms with E-state index in [-0.39, 0.29) is 11.6 Å². The van der Waals surface area contributed by atoms with Crippen molar-refractivity contribution in [1.82, 2.24) is 0 Å². The summed E-state index contributed by atoms with van der Waals surface area (Å²) in [6.45, 7) is 4.58. The van der Waals surface area contributed by atoms with E-state index in [0.29, 0.717) is 11.1 Å². The van der Waals surface area contributed by atoms with E-state index in [1.54, 1.807) is 31.2 Å². The first-order valence-electron chi connectivity index (χ1n) is 6.52. The zero-order valence-electron chi connectivity index (χ0n) is 11.5. The van der Waals surface area contributed by atoms with Gasteiger partial charge in [-0.15, -0.1) is 0 Å². The Balaban J connectivity index is 2.16. The smallest absolute Gasteiger partial charge is 0.255 e. The Hall–Kier alpha value is -2.36. The Morgan fingerprint density at radius 1 is 1.15 bits per heavy atom. The second-order valence-electron chi connectivity index (χ2n) is 4.49. The van der Waals surface area contributed by atoms with Crippen LogP contribution in [0, 0.1) is 12.7 Å². The Kier molecular flexibility index (Phi) is 4.35. The van der Waals surface area contributed by atoms with Crippen molar-refractivity contribution in [2.45, 2.75) is 13.8 Å². The second-order valence-corrected chi connectivity index (χ2v) is 4.49. The molecule has 104 valence electrons. The highest BCUT2D eigenvalue weighted by Crippen LogP contribution is 2.20. The number of carbonyl (C=O) groups excluding carboxylic acids is 1. The number of carbonyl (C=O) groups is 1. The second kappa shape index (κ2) is 6.19. The summed E-state index contributed by atoms with van der Waals surface area (Å²) >= 11 is 0. The van der Waals surface area contributed by atoms with Gasteiger partial charge in [-0.2, -0.15) is 0 Å². The molecule has 0 spiro atoms. The Bertz CT molecular complexity index is 588. The monoisotopic (exact) mass is 272 g/mol. The Labute approximate surface area is 117 Å². The molecule has 0 heterocycles. The molecule has 0 saturated heterocycles. The fourth-order valence-electron chi connectivity index (χ4n) is 1.92. The van der Waals surface area contributed by atoms with Crippen LogP contribution in [0.4, 0.5) is 15.8 Å². The zero-order valence-corrected chi connectivity index (χ0v) is 11.5. The lowest BCUT2D eigenvalue weighted by molar-refractivity contribution is 0.102. The van der Waals surface area contributed by atoms with Crippen molar-refractivity contribution in [2.75, 3.05) is 17.2 Å². The predicted molar refractivity (Wildman–Crippen MR) is 79.7 cm³/mol. The van der Waals surface area contributed by atoms with Gasteiger partial charge in [0.1, 0.15) is 5.82 Å². The summed E-state index contributed by atoms with van der Waals surface area (Å²) in [4.78, 5) is 12.1. The van der Waals surface area contributed by atoms with Crippen LogP contribution in [0.3, 0.4) is 0 Å². The summed E-state index contributed by atoms with van der Waals surface area (Å²) in [6.07, 6.45) is 0. The van der Waals surface area contributed by atoms with E-state index in [1.165, 1.54) is 6.07 Å². The van der Waals surface area contributed by atoms with Crippen molar-refractivity contribution < 1.29 is 9.18 Å². The van der Waals surface area contributed by atoms with Crippen LogP contribution in [0.15, 0.2) is 42.5 Å². The number of amides is 1. The zero-order chi connectivity index (χ0) is 14.5. The molecule has 3 nitrogen and oxygen atoms in total. The molecule has 0 atom stereocenters. The van der Waals surface area contributed by atoms with Crippen LogP contribution in [0.2, 0.25) is 0 Å². The molecule has 0 radical (unpaired) electrons. The minimum atomic E-state index is -0.428. The van der Waals surface area contributed by atoms with E-state index in [0.717, 1.165) is 12.2 Å². The summed E-state index contributed by atoms with van der Waals surface area (Å²) in [5.41, 5.74) is 2.37. The molecule has 2 rings (SSSR count). The first-order valence-corrected chi connectivity index (χ1v) is 6.52. The fourth-order valence-corrected chi connectivity index (χ4v) is 1.92. The number of nitrogens with one attached hydrogen (secondary N) is 2. The normalized spacial score (nSPS) is 10.2. The molecule has 0 bridgehead atoms. The van der Waals surface area contributed by atoms with E-state index in [4.69, 9.17) is 0 Å². The maximum atomic E-state index is 13.7. The summed E-state index contributed by atoms with van der Waals surface area (Å²) < 4.78 is 13.7. The Morgan fingerprint density at radius 3 is 2.45 bits per heavy atom. The molecule has 20 heavy (non-hydrogen) atoms. The summed E-state index contributed by atoms with van der Waals surface area (Å²) in [7, 11) is 0. The Morgan fingerprint density at radius 2 is 1.85 bits per heavy atom. The molecular formula is C16H17FN2O. The lowest BCUT2D eigenvalue weighted by atomic mass is 10.1. The van der Waals surface area contributed by atoms with Crippen molar-refractivity contribution in [3.05, 3.63) is 59.4 Å². The van der Waals surface area contributed by atoms with E-state index < -0.39 is 5.82 Å². The molecule has 0 aliphatic heterocycles. The predicted octanol–water partition coefficient (Wildman–Crippen LogP) is 3.82. The van der Waals surface area contributed by atoms with Gasteiger partial charge >= 0.3 is 0 Å². The number of hydrogen-bond acceptors (Lipinski definition) is 2. The van der Waals surface area contributed by atoms with Gasteiger partial charge in [0.25, 0.3) is 5.91 Å². The van der Waals surface area contributed by atoms with Crippen LogP contribution in [0.5, 0.6) is 0 Å². The van der Waals surface area contributed by atoms with Crippen molar-refractivity contribution in [1.29, 1.82) is 0 Å². The van der Waals surface area contributed by atoms with Gasteiger partial charge in [-0.25, -0.2) is 4.39 Å². The van der Waals surface area contributed by atoms with Gasteiger partial charge in [0.05, 0.1) is 5.69 Å². The molecule has 0 aromatic heterocycles. The summed E-state index contributed by atoms with van der Waals surface area (Å²) in [5, 5.41) is 5.76. The summed E-state index contributed by atoms with van der Waals surface area (Å²) in [6, 6.07) is 11.8. The van der Waals surface area contributed by atoms with Crippen LogP contribution in [-0.4, -0.2) is 12.5 Å². The fraction of sp³-hybridized carbons (Fsp3) is 0.188. The lowest BCUT2D eigenvalue weighted by Gasteiger charge is -2.10. The van der Waals surface area contributed by atoms with Crippen molar-refractivity contribution >= 4 is 17.3 Å². The molecule has 1 amide bonds. The minimum absolute atomic E-state index is 0.230. The largest absolute Gasteiger partial charge is 0.385 e. The number of benzene rings is 2. The number of aryl methyl sites for hydroxylation is 1. The van der Waals surface area contributed by atoms with E-state index >= 15 is 0 Å². The minimum Gasteiger partial charge on any atom is -0.385 e. The molecule has 2 aromatic rings. The van der Waals surface area contributed by atoms with Crippen LogP contribution in [0.1, 0.15) is 22.8 Å². The summed E-state index contributed by atoms with van der Waals surface area (Å²) in [5.74, 6) is -0.746. The van der Waals surface area contributed by atoms with Gasteiger partial charge in [0.2, 0.25) is 0 Å². The lowest BCUT2D eigenvalue weighted by Crippen LogP contribution is -2.14. The van der Waals surface area contributed by atoms with E-state index in [9.17, 15) is 9.18 Å². The quantitative estimate of drug-likeness (QED) is 0.888. The standard InChI is InChI=1S/C16H17FN2O/c1-3-18-13-9-7-12(8-10-13)16(20)19-15-11(2)5-4-6-14(15)17/h4-10,18H,3H2,1-2H3,(H,19,20).